The van der Waals surface area contributed by atoms with Crippen molar-refractivity contribution in [2.45, 2.75) is 0 Å². The molecule has 3 aromatic rings. The summed E-state index contributed by atoms with van der Waals surface area (Å²) < 4.78 is 13.7. The van der Waals surface area contributed by atoms with E-state index in [0.29, 0.717) is 14.3 Å². The molecule has 0 aromatic carbocycles. The number of nitrogens with zero attached hydrogens (tertiary/aromatic N) is 6. The van der Waals surface area contributed by atoms with Crippen molar-refractivity contribution in [1.29, 1.82) is 0 Å². The van der Waals surface area contributed by atoms with Gasteiger partial charge in [-0.3, -0.25) is 0 Å². The van der Waals surface area contributed by atoms with Crippen LogP contribution in [-0.4, -0.2) is 34.3 Å². The zero-order chi connectivity index (χ0) is 18.7. The van der Waals surface area contributed by atoms with Gasteiger partial charge in [-0.1, -0.05) is 0 Å². The Morgan fingerprint density at radius 2 is 0.920 bits per heavy atom. The Morgan fingerprint density at radius 3 is 1.08 bits per heavy atom. The van der Waals surface area contributed by atoms with E-state index in [1.807, 2.05) is 85.5 Å². The first kappa shape index (κ1) is 21.3. The van der Waals surface area contributed by atoms with Crippen molar-refractivity contribution in [2.75, 3.05) is 0 Å². The van der Waals surface area contributed by atoms with Gasteiger partial charge in [-0.25, -0.2) is 0 Å². The van der Waals surface area contributed by atoms with Gasteiger partial charge in [-0.05, 0) is 36.7 Å². The topological polar surface area (TPSA) is 29.6 Å². The quantitative estimate of drug-likeness (QED) is 0.306. The molecule has 0 saturated carbocycles. The molecule has 0 atom stereocenters. The molecule has 0 spiro atoms. The Bertz CT molecular complexity index is 900. The Kier molecular flexibility index (Phi) is 7.91. The summed E-state index contributed by atoms with van der Waals surface area (Å²) in [7, 11) is 5.50. The van der Waals surface area contributed by atoms with Gasteiger partial charge >= 0.3 is 48.2 Å². The summed E-state index contributed by atoms with van der Waals surface area (Å²) in [5.74, 6) is 0. The predicted molar refractivity (Wildman–Crippen MR) is 113 cm³/mol. The van der Waals surface area contributed by atoms with Crippen LogP contribution in [0.4, 0.5) is 0 Å². The maximum atomic E-state index is 5.52. The van der Waals surface area contributed by atoms with E-state index in [0.717, 1.165) is 0 Å². The van der Waals surface area contributed by atoms with E-state index in [9.17, 15) is 0 Å². The molecule has 13 heteroatoms. The minimum absolute atomic E-state index is 0.208. The standard InChI is InChI=1S/C12H15BN6S3.2BrH.Pt/c1-14-4-7-17(10(14)20)13(18-8-5-15(2)11(18)21)19-9-6-16(3)12(19)22;;;/h4-9H,1-3H3;2*1H;/q;;;+2/p-2. The van der Waals surface area contributed by atoms with Gasteiger partial charge in [0.2, 0.25) is 0 Å². The normalized spacial score (nSPS) is 10.6. The van der Waals surface area contributed by atoms with Crippen molar-refractivity contribution in [3.05, 3.63) is 51.5 Å². The van der Waals surface area contributed by atoms with Crippen molar-refractivity contribution >= 4 is 70.4 Å². The van der Waals surface area contributed by atoms with Gasteiger partial charge in [-0.2, -0.15) is 0 Å². The fourth-order valence-electron chi connectivity index (χ4n) is 2.37. The van der Waals surface area contributed by atoms with Crippen LogP contribution >= 0.6 is 63.2 Å². The van der Waals surface area contributed by atoms with Gasteiger partial charge < -0.3 is 27.1 Å². The van der Waals surface area contributed by atoms with Crippen LogP contribution < -0.4 is 0 Å². The molecule has 0 aliphatic carbocycles. The molecule has 138 valence electrons. The average molecular weight is 705 g/mol. The molecule has 0 aliphatic heterocycles. The second-order valence-corrected chi connectivity index (χ2v) is 16.2. The van der Waals surface area contributed by atoms with Crippen LogP contribution in [0.5, 0.6) is 0 Å². The van der Waals surface area contributed by atoms with Gasteiger partial charge in [0.1, 0.15) is 0 Å². The van der Waals surface area contributed by atoms with Crippen LogP contribution in [0.15, 0.2) is 37.2 Å². The fraction of sp³-hybridized carbons (Fsp3) is 0.250. The first-order valence-electron chi connectivity index (χ1n) is 6.86. The fourth-order valence-corrected chi connectivity index (χ4v) is 3.02. The molecular formula is C12H15BBr2N6PtS3. The summed E-state index contributed by atoms with van der Waals surface area (Å²) in [5, 5.41) is 0. The van der Waals surface area contributed by atoms with Gasteiger partial charge in [0.25, 0.3) is 0 Å². The second kappa shape index (κ2) is 9.28. The Morgan fingerprint density at radius 1 is 0.680 bits per heavy atom. The van der Waals surface area contributed by atoms with Crippen molar-refractivity contribution < 1.29 is 14.5 Å². The van der Waals surface area contributed by atoms with E-state index in [1.54, 1.807) is 0 Å². The predicted octanol–water partition coefficient (Wildman–Crippen LogP) is 3.91. The summed E-state index contributed by atoms with van der Waals surface area (Å²) in [5.41, 5.74) is 0. The van der Waals surface area contributed by atoms with Crippen molar-refractivity contribution in [3.63, 3.8) is 0 Å². The molecule has 25 heavy (non-hydrogen) atoms. The van der Waals surface area contributed by atoms with Crippen molar-refractivity contribution in [2.24, 2.45) is 21.1 Å². The van der Waals surface area contributed by atoms with E-state index in [-0.39, 0.29) is 21.6 Å². The van der Waals surface area contributed by atoms with E-state index in [2.05, 4.69) is 26.6 Å². The third-order valence-electron chi connectivity index (χ3n) is 3.67. The summed E-state index contributed by atoms with van der Waals surface area (Å²) in [6.07, 6.45) is 11.6. The molecular weight excluding hydrogens is 690 g/mol. The molecule has 0 radical (unpaired) electrons. The van der Waals surface area contributed by atoms with Crippen LogP contribution in [0.2, 0.25) is 0 Å². The molecule has 0 saturated heterocycles. The number of hydrogen-bond acceptors (Lipinski definition) is 3. The summed E-state index contributed by atoms with van der Waals surface area (Å²) >= 11 is 23.1. The first-order valence-corrected chi connectivity index (χ1v) is 18.0. The van der Waals surface area contributed by atoms with Gasteiger partial charge in [0, 0.05) is 58.3 Å². The SMILES string of the molecule is Cn1ccn(B(n2ccn(C)c2=S)n2ccn(C)c2=S)c1=S.[Br][Pt][Br]. The zero-order valence-electron chi connectivity index (χ0n) is 13.5. The minimum atomic E-state index is -0.268. The number of halogens is 2. The molecule has 6 nitrogen and oxygen atoms in total. The Hall–Kier alpha value is 0.00325. The zero-order valence-corrected chi connectivity index (χ0v) is 21.4. The third-order valence-corrected chi connectivity index (χ3v) is 5.16. The van der Waals surface area contributed by atoms with Gasteiger partial charge in [0.15, 0.2) is 14.3 Å². The van der Waals surface area contributed by atoms with Crippen LogP contribution in [0, 0.1) is 14.3 Å². The average Bonchev–Trinajstić information content (AvgIpc) is 3.19. The van der Waals surface area contributed by atoms with Crippen LogP contribution in [-0.2, 0) is 35.6 Å². The number of imidazole rings is 3. The number of aromatic nitrogens is 6. The van der Waals surface area contributed by atoms with E-state index in [4.69, 9.17) is 36.7 Å². The molecule has 0 bridgehead atoms. The van der Waals surface area contributed by atoms with Crippen LogP contribution in [0.25, 0.3) is 0 Å². The first-order chi connectivity index (χ1) is 11.8. The Labute approximate surface area is 183 Å². The van der Waals surface area contributed by atoms with Gasteiger partial charge in [0.05, 0.1) is 0 Å². The Balaban J connectivity index is 0.000000701. The second-order valence-electron chi connectivity index (χ2n) is 5.19. The number of aryl methyl sites for hydroxylation is 3. The number of hydrogen-bond donors (Lipinski definition) is 0. The monoisotopic (exact) mass is 703 g/mol. The molecule has 0 fully saturated rings. The molecule has 0 aliphatic rings. The number of rotatable bonds is 3. The molecule has 0 unspecified atom stereocenters. The van der Waals surface area contributed by atoms with E-state index in [1.165, 1.54) is 0 Å². The third kappa shape index (κ3) is 4.47. The van der Waals surface area contributed by atoms with E-state index < -0.39 is 0 Å². The molecule has 0 N–H and O–H groups in total. The summed E-state index contributed by atoms with van der Waals surface area (Å²) in [6, 6.07) is 0. The summed E-state index contributed by atoms with van der Waals surface area (Å²) in [6.45, 7) is 0. The van der Waals surface area contributed by atoms with Crippen LogP contribution in [0.3, 0.4) is 0 Å². The maximum absolute atomic E-state index is 5.52. The summed E-state index contributed by atoms with van der Waals surface area (Å²) in [4.78, 5) is 0. The molecule has 3 rings (SSSR count). The van der Waals surface area contributed by atoms with Crippen molar-refractivity contribution in [3.8, 4) is 0 Å². The molecule has 3 heterocycles. The van der Waals surface area contributed by atoms with Crippen molar-refractivity contribution in [1.82, 2.24) is 27.1 Å². The van der Waals surface area contributed by atoms with Gasteiger partial charge in [-0.15, -0.1) is 0 Å². The molecule has 3 aromatic heterocycles. The molecule has 0 amide bonds. The van der Waals surface area contributed by atoms with E-state index >= 15 is 0 Å². The van der Waals surface area contributed by atoms with Crippen LogP contribution in [0.1, 0.15) is 0 Å².